The first kappa shape index (κ1) is 25.5. The molecule has 37 heavy (non-hydrogen) atoms. The number of para-hydroxylation sites is 2. The van der Waals surface area contributed by atoms with Crippen LogP contribution in [0, 0.1) is 0 Å². The van der Waals surface area contributed by atoms with Gasteiger partial charge in [0.25, 0.3) is 5.91 Å². The maximum Gasteiger partial charge on any atom is 0.254 e. The lowest BCUT2D eigenvalue weighted by atomic mass is 9.84. The Morgan fingerprint density at radius 1 is 1.22 bits per heavy atom. The fourth-order valence-electron chi connectivity index (χ4n) is 5.14. The molecule has 1 spiro atoms. The molecule has 0 aliphatic carbocycles. The summed E-state index contributed by atoms with van der Waals surface area (Å²) in [5.74, 6) is 0.572. The Bertz CT molecular complexity index is 1340. The van der Waals surface area contributed by atoms with E-state index in [-0.39, 0.29) is 12.5 Å². The van der Waals surface area contributed by atoms with Gasteiger partial charge >= 0.3 is 0 Å². The van der Waals surface area contributed by atoms with E-state index in [0.717, 1.165) is 20.8 Å². The number of nitrogens with one attached hydrogen (secondary N) is 1. The molecule has 1 saturated heterocycles. The highest BCUT2D eigenvalue weighted by molar-refractivity contribution is 9.10. The number of anilines is 1. The van der Waals surface area contributed by atoms with E-state index in [2.05, 4.69) is 21.2 Å². The molecule has 0 saturated carbocycles. The molecule has 2 atom stereocenters. The Morgan fingerprint density at radius 2 is 1.97 bits per heavy atom. The number of carbonyl (C=O) groups is 2. The van der Waals surface area contributed by atoms with Gasteiger partial charge in [0.2, 0.25) is 5.91 Å². The molecule has 1 fully saturated rings. The van der Waals surface area contributed by atoms with E-state index in [0.29, 0.717) is 43.2 Å². The zero-order valence-corrected chi connectivity index (χ0v) is 22.4. The van der Waals surface area contributed by atoms with Gasteiger partial charge in [0.05, 0.1) is 38.6 Å². The number of hydrogen-bond acceptors (Lipinski definition) is 6. The molecule has 2 heterocycles. The van der Waals surface area contributed by atoms with E-state index in [1.807, 2.05) is 54.6 Å². The van der Waals surface area contributed by atoms with Crippen molar-refractivity contribution < 1.29 is 23.8 Å². The Morgan fingerprint density at radius 3 is 2.70 bits per heavy atom. The summed E-state index contributed by atoms with van der Waals surface area (Å²) in [5, 5.41) is 4.90. The molecule has 9 heteroatoms. The molecule has 3 aromatic carbocycles. The van der Waals surface area contributed by atoms with Crippen molar-refractivity contribution in [2.75, 3.05) is 25.2 Å². The van der Waals surface area contributed by atoms with E-state index in [1.165, 1.54) is 0 Å². The molecule has 2 unspecified atom stereocenters. The van der Waals surface area contributed by atoms with Gasteiger partial charge in [-0.1, -0.05) is 40.2 Å². The third-order valence-electron chi connectivity index (χ3n) is 7.13. The standard InChI is InChI=1S/C28H30BrN3O5/c1-17(30)26(33)31-25-27(34)32(16-21-20-9-8-19(29)15-18(20)7-10-23(21)35-2)22-5-3-4-6-24(22)37-28(25)11-13-36-14-12-28/h3-10,15,17,25H,11-14,16,30H2,1-2H3,(H,31,33). The number of carbonyl (C=O) groups excluding carboxylic acids is 2. The van der Waals surface area contributed by atoms with Crippen molar-refractivity contribution in [1.82, 2.24) is 5.32 Å². The fourth-order valence-corrected chi connectivity index (χ4v) is 5.52. The van der Waals surface area contributed by atoms with E-state index < -0.39 is 23.6 Å². The molecular formula is C28H30BrN3O5. The number of amides is 2. The lowest BCUT2D eigenvalue weighted by Gasteiger charge is -2.41. The zero-order chi connectivity index (χ0) is 26.2. The van der Waals surface area contributed by atoms with Crippen molar-refractivity contribution in [2.45, 2.75) is 44.0 Å². The van der Waals surface area contributed by atoms with Gasteiger partial charge in [0.1, 0.15) is 23.1 Å². The number of halogens is 1. The molecule has 3 aromatic rings. The molecule has 2 aliphatic heterocycles. The highest BCUT2D eigenvalue weighted by atomic mass is 79.9. The molecule has 2 amide bonds. The van der Waals surface area contributed by atoms with E-state index in [9.17, 15) is 9.59 Å². The second kappa shape index (κ2) is 10.3. The largest absolute Gasteiger partial charge is 0.496 e. The van der Waals surface area contributed by atoms with Crippen molar-refractivity contribution >= 4 is 44.2 Å². The van der Waals surface area contributed by atoms with Crippen LogP contribution in [0.25, 0.3) is 10.8 Å². The quantitative estimate of drug-likeness (QED) is 0.484. The monoisotopic (exact) mass is 567 g/mol. The Labute approximate surface area is 224 Å². The number of hydrogen-bond donors (Lipinski definition) is 2. The van der Waals surface area contributed by atoms with Gasteiger partial charge < -0.3 is 30.2 Å². The Hall–Kier alpha value is -3.14. The van der Waals surface area contributed by atoms with Crippen LogP contribution in [0.1, 0.15) is 25.3 Å². The van der Waals surface area contributed by atoms with Gasteiger partial charge in [-0.05, 0) is 48.0 Å². The van der Waals surface area contributed by atoms with Crippen LogP contribution in [0.2, 0.25) is 0 Å². The van der Waals surface area contributed by atoms with Gasteiger partial charge in [-0.25, -0.2) is 0 Å². The normalized spacial score (nSPS) is 19.6. The number of nitrogens with two attached hydrogens (primary N) is 1. The van der Waals surface area contributed by atoms with Gasteiger partial charge in [0, 0.05) is 22.9 Å². The first-order chi connectivity index (χ1) is 17.8. The summed E-state index contributed by atoms with van der Waals surface area (Å²) in [6, 6.07) is 15.7. The van der Waals surface area contributed by atoms with E-state index >= 15 is 0 Å². The van der Waals surface area contributed by atoms with E-state index in [4.69, 9.17) is 19.9 Å². The molecule has 5 rings (SSSR count). The van der Waals surface area contributed by atoms with E-state index in [1.54, 1.807) is 18.9 Å². The van der Waals surface area contributed by atoms with Crippen LogP contribution in [0.15, 0.2) is 59.1 Å². The molecule has 194 valence electrons. The average molecular weight is 568 g/mol. The third kappa shape index (κ3) is 4.79. The summed E-state index contributed by atoms with van der Waals surface area (Å²) in [4.78, 5) is 28.9. The van der Waals surface area contributed by atoms with Gasteiger partial charge in [0.15, 0.2) is 0 Å². The maximum absolute atomic E-state index is 14.4. The number of methoxy groups -OCH3 is 1. The van der Waals surface area contributed by atoms with Crippen molar-refractivity contribution in [3.8, 4) is 11.5 Å². The number of fused-ring (bicyclic) bond motifs is 2. The number of benzene rings is 3. The van der Waals surface area contributed by atoms with Gasteiger partial charge in [-0.15, -0.1) is 0 Å². The Kier molecular flexibility index (Phi) is 7.11. The predicted molar refractivity (Wildman–Crippen MR) is 145 cm³/mol. The van der Waals surface area contributed by atoms with Crippen molar-refractivity contribution in [3.63, 3.8) is 0 Å². The highest BCUT2D eigenvalue weighted by Gasteiger charge is 2.51. The molecule has 3 N–H and O–H groups in total. The topological polar surface area (TPSA) is 103 Å². The smallest absolute Gasteiger partial charge is 0.254 e. The molecule has 8 nitrogen and oxygen atoms in total. The van der Waals surface area contributed by atoms with Crippen LogP contribution in [-0.2, 0) is 20.9 Å². The minimum Gasteiger partial charge on any atom is -0.496 e. The average Bonchev–Trinajstić information content (AvgIpc) is 2.98. The van der Waals surface area contributed by atoms with Crippen molar-refractivity contribution in [2.24, 2.45) is 5.73 Å². The van der Waals surface area contributed by atoms with Crippen LogP contribution in [0.3, 0.4) is 0 Å². The summed E-state index contributed by atoms with van der Waals surface area (Å²) >= 11 is 3.54. The molecule has 0 radical (unpaired) electrons. The highest BCUT2D eigenvalue weighted by Crippen LogP contribution is 2.42. The number of ether oxygens (including phenoxy) is 3. The first-order valence-electron chi connectivity index (χ1n) is 12.3. The summed E-state index contributed by atoms with van der Waals surface area (Å²) in [6.07, 6.45) is 0.910. The third-order valence-corrected chi connectivity index (χ3v) is 7.63. The molecular weight excluding hydrogens is 538 g/mol. The second-order valence-corrected chi connectivity index (χ2v) is 10.4. The van der Waals surface area contributed by atoms with Crippen LogP contribution in [0.5, 0.6) is 11.5 Å². The van der Waals surface area contributed by atoms with Gasteiger partial charge in [-0.2, -0.15) is 0 Å². The van der Waals surface area contributed by atoms with Crippen LogP contribution in [0.4, 0.5) is 5.69 Å². The Balaban J connectivity index is 1.65. The number of rotatable bonds is 5. The lowest BCUT2D eigenvalue weighted by Crippen LogP contribution is -2.65. The SMILES string of the molecule is COc1ccc2cc(Br)ccc2c1CN1C(=O)C(NC(=O)C(C)N)C2(CCOCC2)Oc2ccccc21. The van der Waals surface area contributed by atoms with Gasteiger partial charge in [-0.3, -0.25) is 9.59 Å². The van der Waals surface area contributed by atoms with Crippen LogP contribution >= 0.6 is 15.9 Å². The lowest BCUT2D eigenvalue weighted by molar-refractivity contribution is -0.137. The summed E-state index contributed by atoms with van der Waals surface area (Å²) < 4.78 is 18.9. The molecule has 0 aromatic heterocycles. The minimum absolute atomic E-state index is 0.221. The maximum atomic E-state index is 14.4. The van der Waals surface area contributed by atoms with Crippen LogP contribution < -0.4 is 25.4 Å². The van der Waals surface area contributed by atoms with Crippen molar-refractivity contribution in [3.05, 3.63) is 64.6 Å². The minimum atomic E-state index is -0.960. The molecule has 0 bridgehead atoms. The second-order valence-electron chi connectivity index (χ2n) is 9.51. The summed E-state index contributed by atoms with van der Waals surface area (Å²) in [5.41, 5.74) is 6.42. The number of nitrogens with zero attached hydrogens (tertiary/aromatic N) is 1. The predicted octanol–water partition coefficient (Wildman–Crippen LogP) is 3.92. The molecule has 2 aliphatic rings. The zero-order valence-electron chi connectivity index (χ0n) is 20.8. The van der Waals surface area contributed by atoms with Crippen LogP contribution in [-0.4, -0.2) is 49.8 Å². The van der Waals surface area contributed by atoms with Crippen molar-refractivity contribution in [1.29, 1.82) is 0 Å². The first-order valence-corrected chi connectivity index (χ1v) is 13.1. The fraction of sp³-hybridized carbons (Fsp3) is 0.357. The summed E-state index contributed by atoms with van der Waals surface area (Å²) in [6.45, 7) is 2.66. The summed E-state index contributed by atoms with van der Waals surface area (Å²) in [7, 11) is 1.62.